The van der Waals surface area contributed by atoms with Gasteiger partial charge in [-0.25, -0.2) is 0 Å². The third kappa shape index (κ3) is 2.92. The highest BCUT2D eigenvalue weighted by molar-refractivity contribution is 6.62. The lowest BCUT2D eigenvalue weighted by molar-refractivity contribution is -0.153. The second-order valence-corrected chi connectivity index (χ2v) is 3.54. The van der Waals surface area contributed by atoms with E-state index in [1.165, 1.54) is 4.90 Å². The number of ketones is 1. The molecule has 0 aromatic rings. The third-order valence-corrected chi connectivity index (χ3v) is 2.48. The smallest absolute Gasteiger partial charge is 0.318 e. The van der Waals surface area contributed by atoms with Crippen molar-refractivity contribution >= 4 is 28.7 Å². The SMILES string of the molecule is CCOC(=O)C1CN(C(=O)Cl)CCC1=O. The van der Waals surface area contributed by atoms with Gasteiger partial charge in [-0.1, -0.05) is 0 Å². The summed E-state index contributed by atoms with van der Waals surface area (Å²) >= 11 is 5.27. The summed E-state index contributed by atoms with van der Waals surface area (Å²) in [5, 5.41) is -0.642. The van der Waals surface area contributed by atoms with Gasteiger partial charge in [-0.3, -0.25) is 14.4 Å². The number of ether oxygens (including phenoxy) is 1. The zero-order valence-corrected chi connectivity index (χ0v) is 9.12. The molecule has 1 fully saturated rings. The summed E-state index contributed by atoms with van der Waals surface area (Å²) in [6.07, 6.45) is 0.155. The molecule has 1 saturated heterocycles. The average molecular weight is 234 g/mol. The predicted molar refractivity (Wildman–Crippen MR) is 52.6 cm³/mol. The molecule has 5 nitrogen and oxygen atoms in total. The molecule has 0 bridgehead atoms. The Morgan fingerprint density at radius 2 is 2.27 bits per heavy atom. The molecule has 6 heteroatoms. The predicted octanol–water partition coefficient (Wildman–Crippen LogP) is 0.799. The number of esters is 1. The van der Waals surface area contributed by atoms with Gasteiger partial charge in [-0.05, 0) is 18.5 Å². The molecule has 0 aliphatic carbocycles. The fourth-order valence-corrected chi connectivity index (χ4v) is 1.59. The van der Waals surface area contributed by atoms with Crippen LogP contribution in [0.4, 0.5) is 4.79 Å². The minimum Gasteiger partial charge on any atom is -0.465 e. The molecule has 1 amide bonds. The highest BCUT2D eigenvalue weighted by atomic mass is 35.5. The summed E-state index contributed by atoms with van der Waals surface area (Å²) in [5.41, 5.74) is 0. The zero-order valence-electron chi connectivity index (χ0n) is 8.36. The maximum Gasteiger partial charge on any atom is 0.318 e. The van der Waals surface area contributed by atoms with Gasteiger partial charge in [0.2, 0.25) is 0 Å². The van der Waals surface area contributed by atoms with E-state index in [4.69, 9.17) is 16.3 Å². The molecule has 1 atom stereocenters. The second-order valence-electron chi connectivity index (χ2n) is 3.22. The van der Waals surface area contributed by atoms with Gasteiger partial charge in [0.25, 0.3) is 0 Å². The van der Waals surface area contributed by atoms with E-state index in [1.807, 2.05) is 0 Å². The number of carbonyl (C=O) groups excluding carboxylic acids is 3. The number of hydrogen-bond acceptors (Lipinski definition) is 4. The van der Waals surface area contributed by atoms with E-state index in [0.29, 0.717) is 0 Å². The van der Waals surface area contributed by atoms with Crippen molar-refractivity contribution in [2.24, 2.45) is 5.92 Å². The van der Waals surface area contributed by atoms with Crippen molar-refractivity contribution < 1.29 is 19.1 Å². The van der Waals surface area contributed by atoms with Crippen LogP contribution in [0.3, 0.4) is 0 Å². The van der Waals surface area contributed by atoms with E-state index in [9.17, 15) is 14.4 Å². The first-order valence-electron chi connectivity index (χ1n) is 4.70. The highest BCUT2D eigenvalue weighted by Crippen LogP contribution is 2.16. The summed E-state index contributed by atoms with van der Waals surface area (Å²) in [4.78, 5) is 34.9. The van der Waals surface area contributed by atoms with Crippen LogP contribution < -0.4 is 0 Å². The number of amides is 1. The fraction of sp³-hybridized carbons (Fsp3) is 0.667. The molecule has 1 aliphatic rings. The average Bonchev–Trinajstić information content (AvgIpc) is 2.18. The molecule has 0 aromatic carbocycles. The van der Waals surface area contributed by atoms with Crippen molar-refractivity contribution in [3.05, 3.63) is 0 Å². The Hall–Kier alpha value is -1.10. The molecule has 1 unspecified atom stereocenters. The van der Waals surface area contributed by atoms with Crippen molar-refractivity contribution in [1.82, 2.24) is 4.90 Å². The van der Waals surface area contributed by atoms with Crippen LogP contribution in [0, 0.1) is 5.92 Å². The number of halogens is 1. The summed E-state index contributed by atoms with van der Waals surface area (Å²) in [5.74, 6) is -1.64. The number of nitrogens with zero attached hydrogens (tertiary/aromatic N) is 1. The number of Topliss-reactive ketones (excluding diaryl/α,β-unsaturated/α-hetero) is 1. The highest BCUT2D eigenvalue weighted by Gasteiger charge is 2.35. The first-order chi connectivity index (χ1) is 7.06. The van der Waals surface area contributed by atoms with Crippen LogP contribution in [0.15, 0.2) is 0 Å². The van der Waals surface area contributed by atoms with Gasteiger partial charge in [-0.2, -0.15) is 0 Å². The first kappa shape index (κ1) is 12.0. The summed E-state index contributed by atoms with van der Waals surface area (Å²) in [6, 6.07) is 0. The largest absolute Gasteiger partial charge is 0.465 e. The molecule has 0 N–H and O–H groups in total. The molecule has 1 rings (SSSR count). The maximum atomic E-state index is 11.4. The van der Waals surface area contributed by atoms with Gasteiger partial charge in [0, 0.05) is 19.5 Å². The van der Waals surface area contributed by atoms with Gasteiger partial charge >= 0.3 is 11.3 Å². The Bertz CT molecular complexity index is 292. The van der Waals surface area contributed by atoms with E-state index in [2.05, 4.69) is 0 Å². The van der Waals surface area contributed by atoms with Gasteiger partial charge in [0.15, 0.2) is 5.78 Å². The van der Waals surface area contributed by atoms with E-state index in [1.54, 1.807) is 6.92 Å². The number of carbonyl (C=O) groups is 3. The normalized spacial score (nSPS) is 21.3. The standard InChI is InChI=1S/C9H12ClNO4/c1-2-15-8(13)6-5-11(9(10)14)4-3-7(6)12/h6H,2-5H2,1H3. The summed E-state index contributed by atoms with van der Waals surface area (Å²) in [6.45, 7) is 2.18. The van der Waals surface area contributed by atoms with Gasteiger partial charge in [-0.15, -0.1) is 0 Å². The minimum atomic E-state index is -0.874. The van der Waals surface area contributed by atoms with Crippen molar-refractivity contribution in [3.63, 3.8) is 0 Å². The molecule has 0 spiro atoms. The second kappa shape index (κ2) is 5.11. The van der Waals surface area contributed by atoms with E-state index in [0.717, 1.165) is 0 Å². The number of rotatable bonds is 2. The van der Waals surface area contributed by atoms with Crippen LogP contribution >= 0.6 is 11.6 Å². The molecule has 0 radical (unpaired) electrons. The molecular formula is C9H12ClNO4. The maximum absolute atomic E-state index is 11.4. The van der Waals surface area contributed by atoms with Crippen LogP contribution in [0.25, 0.3) is 0 Å². The van der Waals surface area contributed by atoms with Gasteiger partial charge in [0.05, 0.1) is 6.61 Å². The van der Waals surface area contributed by atoms with E-state index in [-0.39, 0.29) is 31.9 Å². The Morgan fingerprint density at radius 3 is 2.80 bits per heavy atom. The number of piperidine rings is 1. The van der Waals surface area contributed by atoms with E-state index >= 15 is 0 Å². The Balaban J connectivity index is 2.65. The lowest BCUT2D eigenvalue weighted by atomic mass is 9.97. The number of hydrogen-bond donors (Lipinski definition) is 0. The molecule has 1 aliphatic heterocycles. The van der Waals surface area contributed by atoms with Crippen molar-refractivity contribution in [2.75, 3.05) is 19.7 Å². The summed E-state index contributed by atoms with van der Waals surface area (Å²) in [7, 11) is 0. The first-order valence-corrected chi connectivity index (χ1v) is 5.07. The molecule has 0 saturated carbocycles. The Labute approximate surface area is 92.3 Å². The molecule has 84 valence electrons. The minimum absolute atomic E-state index is 0.0278. The van der Waals surface area contributed by atoms with Gasteiger partial charge < -0.3 is 9.64 Å². The Kier molecular flexibility index (Phi) is 4.08. The van der Waals surface area contributed by atoms with Crippen LogP contribution in [0.2, 0.25) is 0 Å². The van der Waals surface area contributed by atoms with Crippen LogP contribution in [-0.2, 0) is 14.3 Å². The summed E-state index contributed by atoms with van der Waals surface area (Å²) < 4.78 is 4.74. The van der Waals surface area contributed by atoms with Gasteiger partial charge in [0.1, 0.15) is 5.92 Å². The fourth-order valence-electron chi connectivity index (χ4n) is 1.44. The molecule has 15 heavy (non-hydrogen) atoms. The van der Waals surface area contributed by atoms with Crippen molar-refractivity contribution in [3.8, 4) is 0 Å². The molecule has 1 heterocycles. The third-order valence-electron chi connectivity index (χ3n) is 2.24. The van der Waals surface area contributed by atoms with E-state index < -0.39 is 17.3 Å². The van der Waals surface area contributed by atoms with Crippen LogP contribution in [0.5, 0.6) is 0 Å². The zero-order chi connectivity index (χ0) is 11.4. The van der Waals surface area contributed by atoms with Crippen molar-refractivity contribution in [1.29, 1.82) is 0 Å². The topological polar surface area (TPSA) is 63.7 Å². The van der Waals surface area contributed by atoms with Crippen molar-refractivity contribution in [2.45, 2.75) is 13.3 Å². The van der Waals surface area contributed by atoms with Crippen LogP contribution in [-0.4, -0.2) is 41.7 Å². The molecular weight excluding hydrogens is 222 g/mol. The quantitative estimate of drug-likeness (QED) is 0.306. The number of likely N-dealkylation sites (tertiary alicyclic amines) is 1. The lowest BCUT2D eigenvalue weighted by Crippen LogP contribution is -2.45. The lowest BCUT2D eigenvalue weighted by Gasteiger charge is -2.28. The molecule has 0 aromatic heterocycles. The monoisotopic (exact) mass is 233 g/mol. The Morgan fingerprint density at radius 1 is 1.60 bits per heavy atom. The van der Waals surface area contributed by atoms with Crippen LogP contribution in [0.1, 0.15) is 13.3 Å².